The first-order valence-corrected chi connectivity index (χ1v) is 11.0. The highest BCUT2D eigenvalue weighted by Crippen LogP contribution is 2.16. The van der Waals surface area contributed by atoms with E-state index in [0.29, 0.717) is 30.8 Å². The van der Waals surface area contributed by atoms with Gasteiger partial charge in [0.1, 0.15) is 11.4 Å². The highest BCUT2D eigenvalue weighted by Gasteiger charge is 2.16. The number of ether oxygens (including phenoxy) is 2. The molecule has 0 aliphatic carbocycles. The number of carbonyl (C=O) groups is 3. The van der Waals surface area contributed by atoms with Crippen molar-refractivity contribution in [2.75, 3.05) is 23.8 Å². The molecule has 0 bridgehead atoms. The van der Waals surface area contributed by atoms with E-state index >= 15 is 0 Å². The van der Waals surface area contributed by atoms with Crippen LogP contribution in [0.5, 0.6) is 5.75 Å². The largest absolute Gasteiger partial charge is 0.494 e. The van der Waals surface area contributed by atoms with E-state index in [4.69, 9.17) is 9.47 Å². The number of anilines is 2. The third-order valence-corrected chi connectivity index (χ3v) is 4.29. The van der Waals surface area contributed by atoms with E-state index in [-0.39, 0.29) is 24.8 Å². The lowest BCUT2D eigenvalue weighted by molar-refractivity contribution is -0.117. The number of rotatable bonds is 10. The molecule has 0 saturated heterocycles. The van der Waals surface area contributed by atoms with E-state index in [2.05, 4.69) is 16.0 Å². The first kappa shape index (κ1) is 25.7. The minimum atomic E-state index is -0.592. The number of amides is 3. The lowest BCUT2D eigenvalue weighted by atomic mass is 10.2. The first-order chi connectivity index (χ1) is 15.6. The molecule has 0 aromatic heterocycles. The van der Waals surface area contributed by atoms with Crippen LogP contribution in [0.15, 0.2) is 48.5 Å². The molecule has 0 atom stereocenters. The molecule has 0 aliphatic heterocycles. The third kappa shape index (κ3) is 11.0. The van der Waals surface area contributed by atoms with Crippen LogP contribution in [0, 0.1) is 6.92 Å². The highest BCUT2D eigenvalue weighted by atomic mass is 16.6. The molecule has 3 N–H and O–H groups in total. The van der Waals surface area contributed by atoms with Crippen LogP contribution in [-0.4, -0.2) is 36.7 Å². The molecule has 0 radical (unpaired) electrons. The molecule has 33 heavy (non-hydrogen) atoms. The van der Waals surface area contributed by atoms with Crippen molar-refractivity contribution in [2.24, 2.45) is 0 Å². The third-order valence-electron chi connectivity index (χ3n) is 4.29. The molecule has 0 fully saturated rings. The maximum absolute atomic E-state index is 12.2. The van der Waals surface area contributed by atoms with Gasteiger partial charge in [-0.05, 0) is 64.4 Å². The topological polar surface area (TPSA) is 106 Å². The molecule has 0 unspecified atom stereocenters. The summed E-state index contributed by atoms with van der Waals surface area (Å²) in [6, 6.07) is 14.7. The molecule has 0 saturated carbocycles. The Morgan fingerprint density at radius 2 is 1.48 bits per heavy atom. The Bertz CT molecular complexity index is 936. The Hall–Kier alpha value is -3.55. The van der Waals surface area contributed by atoms with Gasteiger partial charge in [0.05, 0.1) is 6.61 Å². The Morgan fingerprint density at radius 3 is 2.09 bits per heavy atom. The number of hydrogen-bond acceptors (Lipinski definition) is 5. The molecule has 3 amide bonds. The maximum atomic E-state index is 12.2. The first-order valence-electron chi connectivity index (χ1n) is 11.0. The summed E-state index contributed by atoms with van der Waals surface area (Å²) in [5.74, 6) is 0.390. The molecular formula is C25H33N3O5. The summed E-state index contributed by atoms with van der Waals surface area (Å²) in [5, 5.41) is 8.11. The minimum Gasteiger partial charge on any atom is -0.494 e. The molecular weight excluding hydrogens is 422 g/mol. The number of alkyl carbamates (subject to hydrolysis) is 1. The quantitative estimate of drug-likeness (QED) is 0.453. The van der Waals surface area contributed by atoms with Gasteiger partial charge in [-0.1, -0.05) is 23.8 Å². The van der Waals surface area contributed by atoms with Crippen molar-refractivity contribution in [3.63, 3.8) is 0 Å². The van der Waals surface area contributed by atoms with Crippen LogP contribution in [0.2, 0.25) is 0 Å². The molecule has 8 nitrogen and oxygen atoms in total. The van der Waals surface area contributed by atoms with Gasteiger partial charge in [0.15, 0.2) is 0 Å². The molecule has 0 spiro atoms. The second-order valence-electron chi connectivity index (χ2n) is 8.62. The minimum absolute atomic E-state index is 0.0941. The van der Waals surface area contributed by atoms with Crippen molar-refractivity contribution in [1.29, 1.82) is 0 Å². The highest BCUT2D eigenvalue weighted by molar-refractivity contribution is 5.94. The number of nitrogens with one attached hydrogen (secondary N) is 3. The van der Waals surface area contributed by atoms with Crippen molar-refractivity contribution in [3.8, 4) is 5.75 Å². The fourth-order valence-electron chi connectivity index (χ4n) is 2.77. The summed E-state index contributed by atoms with van der Waals surface area (Å²) in [5.41, 5.74) is 1.71. The maximum Gasteiger partial charge on any atom is 0.407 e. The second kappa shape index (κ2) is 12.5. The van der Waals surface area contributed by atoms with Gasteiger partial charge in [0.25, 0.3) is 0 Å². The Kier molecular flexibility index (Phi) is 9.72. The predicted molar refractivity (Wildman–Crippen MR) is 128 cm³/mol. The van der Waals surface area contributed by atoms with Gasteiger partial charge in [-0.3, -0.25) is 9.59 Å². The van der Waals surface area contributed by atoms with Gasteiger partial charge in [0.2, 0.25) is 11.8 Å². The van der Waals surface area contributed by atoms with Crippen molar-refractivity contribution in [3.05, 3.63) is 54.1 Å². The van der Waals surface area contributed by atoms with Gasteiger partial charge in [-0.2, -0.15) is 0 Å². The van der Waals surface area contributed by atoms with Gasteiger partial charge in [-0.25, -0.2) is 4.79 Å². The normalized spacial score (nSPS) is 10.8. The average molecular weight is 456 g/mol. The zero-order chi connectivity index (χ0) is 24.3. The van der Waals surface area contributed by atoms with Crippen LogP contribution in [0.1, 0.15) is 45.6 Å². The van der Waals surface area contributed by atoms with E-state index in [1.807, 2.05) is 31.2 Å². The summed E-state index contributed by atoms with van der Waals surface area (Å²) in [4.78, 5) is 35.9. The van der Waals surface area contributed by atoms with E-state index in [9.17, 15) is 14.4 Å². The van der Waals surface area contributed by atoms with Gasteiger partial charge >= 0.3 is 6.09 Å². The molecule has 2 aromatic rings. The Morgan fingerprint density at radius 1 is 0.879 bits per heavy atom. The van der Waals surface area contributed by atoms with Crippen LogP contribution < -0.4 is 20.7 Å². The van der Waals surface area contributed by atoms with Crippen molar-refractivity contribution >= 4 is 29.3 Å². The molecule has 2 aromatic carbocycles. The number of aryl methyl sites for hydroxylation is 1. The lowest BCUT2D eigenvalue weighted by Crippen LogP contribution is -2.34. The number of benzene rings is 2. The number of carbonyl (C=O) groups excluding carboxylic acids is 3. The van der Waals surface area contributed by atoms with Crippen molar-refractivity contribution in [1.82, 2.24) is 5.32 Å². The summed E-state index contributed by atoms with van der Waals surface area (Å²) in [7, 11) is 0. The number of hydrogen-bond donors (Lipinski definition) is 3. The van der Waals surface area contributed by atoms with Gasteiger partial charge < -0.3 is 25.4 Å². The standard InChI is InChI=1S/C25H33N3O5/c1-18-10-12-21(13-11-18)32-16-6-9-22(29)27-19-7-5-8-20(17-19)28-23(30)14-15-26-24(31)33-25(2,3)4/h5,7-8,10-13,17H,6,9,14-16H2,1-4H3,(H,26,31)(H,27,29)(H,28,30). The van der Waals surface area contributed by atoms with Crippen molar-refractivity contribution < 1.29 is 23.9 Å². The summed E-state index contributed by atoms with van der Waals surface area (Å²) < 4.78 is 10.8. The molecule has 0 heterocycles. The molecule has 8 heteroatoms. The van der Waals surface area contributed by atoms with Crippen LogP contribution in [0.3, 0.4) is 0 Å². The summed E-state index contributed by atoms with van der Waals surface area (Å²) >= 11 is 0. The van der Waals surface area contributed by atoms with Crippen molar-refractivity contribution in [2.45, 2.75) is 52.6 Å². The van der Waals surface area contributed by atoms with E-state index in [0.717, 1.165) is 11.3 Å². The van der Waals surface area contributed by atoms with Crippen LogP contribution >= 0.6 is 0 Å². The van der Waals surface area contributed by atoms with Gasteiger partial charge in [0, 0.05) is 30.8 Å². The SMILES string of the molecule is Cc1ccc(OCCCC(=O)Nc2cccc(NC(=O)CCNC(=O)OC(C)(C)C)c2)cc1. The molecule has 178 valence electrons. The Labute approximate surface area is 195 Å². The second-order valence-corrected chi connectivity index (χ2v) is 8.62. The monoisotopic (exact) mass is 455 g/mol. The van der Waals surface area contributed by atoms with Crippen LogP contribution in [-0.2, 0) is 14.3 Å². The van der Waals surface area contributed by atoms with Crippen LogP contribution in [0.4, 0.5) is 16.2 Å². The van der Waals surface area contributed by atoms with E-state index in [1.165, 1.54) is 0 Å². The van der Waals surface area contributed by atoms with Crippen LogP contribution in [0.25, 0.3) is 0 Å². The average Bonchev–Trinajstić information content (AvgIpc) is 2.71. The van der Waals surface area contributed by atoms with E-state index in [1.54, 1.807) is 45.0 Å². The Balaban J connectivity index is 1.69. The smallest absolute Gasteiger partial charge is 0.407 e. The molecule has 0 aliphatic rings. The lowest BCUT2D eigenvalue weighted by Gasteiger charge is -2.19. The van der Waals surface area contributed by atoms with Gasteiger partial charge in [-0.15, -0.1) is 0 Å². The summed E-state index contributed by atoms with van der Waals surface area (Å²) in [6.07, 6.45) is 0.431. The summed E-state index contributed by atoms with van der Waals surface area (Å²) in [6.45, 7) is 7.92. The fraction of sp³-hybridized carbons (Fsp3) is 0.400. The zero-order valence-corrected chi connectivity index (χ0v) is 19.7. The van der Waals surface area contributed by atoms with E-state index < -0.39 is 11.7 Å². The molecule has 2 rings (SSSR count). The zero-order valence-electron chi connectivity index (χ0n) is 19.7. The predicted octanol–water partition coefficient (Wildman–Crippen LogP) is 4.65. The fourth-order valence-corrected chi connectivity index (χ4v) is 2.77.